The fraction of sp³-hybridized carbons (Fsp3) is 0.143. The number of benzene rings is 1. The Kier molecular flexibility index (Phi) is 3.34. The number of nitrogens with one attached hydrogen (secondary N) is 1. The van der Waals surface area contributed by atoms with Crippen LogP contribution in [0.15, 0.2) is 30.5 Å². The second-order valence-electron chi connectivity index (χ2n) is 4.65. The molecule has 3 aromatic rings. The first kappa shape index (κ1) is 13.6. The zero-order valence-corrected chi connectivity index (χ0v) is 12.1. The van der Waals surface area contributed by atoms with Crippen molar-refractivity contribution >= 4 is 33.1 Å². The molecule has 0 saturated heterocycles. The number of nitrogens with two attached hydrogens (primary N) is 1. The van der Waals surface area contributed by atoms with Crippen molar-refractivity contribution in [2.45, 2.75) is 6.54 Å². The van der Waals surface area contributed by atoms with Crippen molar-refractivity contribution in [2.24, 2.45) is 7.05 Å². The first-order chi connectivity index (χ1) is 10.0. The normalized spacial score (nSPS) is 11.0. The summed E-state index contributed by atoms with van der Waals surface area (Å²) in [5.74, 6) is 0.00742. The molecule has 1 aromatic carbocycles. The number of nitrogens with zero attached hydrogens (tertiary/aromatic N) is 2. The molecular weight excluding hydrogens is 291 g/mol. The quantitative estimate of drug-likeness (QED) is 0.779. The van der Waals surface area contributed by atoms with Crippen LogP contribution in [0.5, 0.6) is 0 Å². The van der Waals surface area contributed by atoms with E-state index in [4.69, 9.17) is 5.73 Å². The number of aryl methyl sites for hydroxylation is 1. The lowest BCUT2D eigenvalue weighted by Crippen LogP contribution is -2.22. The molecule has 0 aliphatic carbocycles. The van der Waals surface area contributed by atoms with E-state index in [1.807, 2.05) is 0 Å². The van der Waals surface area contributed by atoms with Gasteiger partial charge in [-0.2, -0.15) is 5.10 Å². The number of anilines is 1. The van der Waals surface area contributed by atoms with E-state index in [1.54, 1.807) is 30.1 Å². The Bertz CT molecular complexity index is 824. The Labute approximate surface area is 124 Å². The molecule has 0 radical (unpaired) electrons. The molecular formula is C14H13FN4OS. The van der Waals surface area contributed by atoms with Gasteiger partial charge < -0.3 is 11.1 Å². The maximum absolute atomic E-state index is 13.1. The topological polar surface area (TPSA) is 72.9 Å². The highest BCUT2D eigenvalue weighted by Crippen LogP contribution is 2.26. The second kappa shape index (κ2) is 5.17. The van der Waals surface area contributed by atoms with Crippen molar-refractivity contribution in [3.05, 3.63) is 46.7 Å². The van der Waals surface area contributed by atoms with Crippen molar-refractivity contribution < 1.29 is 9.18 Å². The molecule has 5 nitrogen and oxygen atoms in total. The molecule has 3 N–H and O–H groups in total. The van der Waals surface area contributed by atoms with Gasteiger partial charge in [0.05, 0.1) is 11.1 Å². The molecule has 0 spiro atoms. The van der Waals surface area contributed by atoms with Crippen LogP contribution in [-0.2, 0) is 13.6 Å². The van der Waals surface area contributed by atoms with Crippen LogP contribution in [0.2, 0.25) is 0 Å². The minimum atomic E-state index is -0.306. The number of amides is 1. The zero-order valence-electron chi connectivity index (χ0n) is 11.3. The molecule has 3 rings (SSSR count). The summed E-state index contributed by atoms with van der Waals surface area (Å²) in [6.45, 7) is 0.307. The van der Waals surface area contributed by atoms with Crippen molar-refractivity contribution in [1.29, 1.82) is 0 Å². The minimum Gasteiger partial charge on any atom is -0.384 e. The van der Waals surface area contributed by atoms with Crippen LogP contribution >= 0.6 is 11.3 Å². The van der Waals surface area contributed by atoms with Gasteiger partial charge in [0.1, 0.15) is 11.6 Å². The third kappa shape index (κ3) is 2.59. The fourth-order valence-corrected chi connectivity index (χ4v) is 3.01. The van der Waals surface area contributed by atoms with Crippen LogP contribution in [0.1, 0.15) is 15.2 Å². The highest BCUT2D eigenvalue weighted by atomic mass is 32.1. The Balaban J connectivity index is 1.76. The van der Waals surface area contributed by atoms with Crippen LogP contribution in [0.25, 0.3) is 10.1 Å². The number of hydrogen-bond acceptors (Lipinski definition) is 4. The molecule has 0 fully saturated rings. The van der Waals surface area contributed by atoms with Crippen LogP contribution in [0, 0.1) is 5.82 Å². The SMILES string of the molecule is Cn1ncc(CNC(=O)c2cc3ccc(F)cc3s2)c1N. The van der Waals surface area contributed by atoms with Crippen molar-refractivity contribution in [3.63, 3.8) is 0 Å². The first-order valence-electron chi connectivity index (χ1n) is 6.28. The van der Waals surface area contributed by atoms with Crippen LogP contribution in [0.4, 0.5) is 10.2 Å². The van der Waals surface area contributed by atoms with Gasteiger partial charge in [-0.15, -0.1) is 11.3 Å². The van der Waals surface area contributed by atoms with E-state index >= 15 is 0 Å². The molecule has 0 aliphatic heterocycles. The van der Waals surface area contributed by atoms with Gasteiger partial charge in [-0.3, -0.25) is 9.48 Å². The minimum absolute atomic E-state index is 0.208. The third-order valence-electron chi connectivity index (χ3n) is 3.21. The molecule has 0 aliphatic rings. The Morgan fingerprint density at radius 3 is 3.00 bits per heavy atom. The lowest BCUT2D eigenvalue weighted by Gasteiger charge is -2.02. The number of thiophene rings is 1. The summed E-state index contributed by atoms with van der Waals surface area (Å²) in [5, 5.41) is 7.66. The molecule has 108 valence electrons. The molecule has 21 heavy (non-hydrogen) atoms. The van der Waals surface area contributed by atoms with Gasteiger partial charge in [0, 0.05) is 23.9 Å². The predicted octanol–water partition coefficient (Wildman–Crippen LogP) is 2.29. The Morgan fingerprint density at radius 2 is 2.29 bits per heavy atom. The highest BCUT2D eigenvalue weighted by Gasteiger charge is 2.12. The molecule has 1 amide bonds. The van der Waals surface area contributed by atoms with E-state index in [9.17, 15) is 9.18 Å². The lowest BCUT2D eigenvalue weighted by atomic mass is 10.2. The average molecular weight is 304 g/mol. The summed E-state index contributed by atoms with van der Waals surface area (Å²) in [6.07, 6.45) is 1.62. The third-order valence-corrected chi connectivity index (χ3v) is 4.31. The van der Waals surface area contributed by atoms with Crippen molar-refractivity contribution in [2.75, 3.05) is 5.73 Å². The maximum Gasteiger partial charge on any atom is 0.261 e. The van der Waals surface area contributed by atoms with E-state index in [1.165, 1.54) is 23.5 Å². The van der Waals surface area contributed by atoms with Gasteiger partial charge in [-0.1, -0.05) is 6.07 Å². The molecule has 0 atom stereocenters. The van der Waals surface area contributed by atoms with E-state index in [0.717, 1.165) is 15.6 Å². The Morgan fingerprint density at radius 1 is 1.48 bits per heavy atom. The van der Waals surface area contributed by atoms with Gasteiger partial charge in [-0.05, 0) is 23.6 Å². The maximum atomic E-state index is 13.1. The lowest BCUT2D eigenvalue weighted by molar-refractivity contribution is 0.0955. The molecule has 2 aromatic heterocycles. The fourth-order valence-electron chi connectivity index (χ4n) is 2.01. The van der Waals surface area contributed by atoms with Crippen molar-refractivity contribution in [1.82, 2.24) is 15.1 Å². The number of rotatable bonds is 3. The van der Waals surface area contributed by atoms with Crippen LogP contribution in [-0.4, -0.2) is 15.7 Å². The van der Waals surface area contributed by atoms with Gasteiger partial charge >= 0.3 is 0 Å². The summed E-state index contributed by atoms with van der Waals surface area (Å²) in [6, 6.07) is 6.22. The summed E-state index contributed by atoms with van der Waals surface area (Å²) < 4.78 is 15.4. The van der Waals surface area contributed by atoms with Gasteiger partial charge in [0.25, 0.3) is 5.91 Å². The number of carbonyl (C=O) groups excluding carboxylic acids is 1. The number of nitrogen functional groups attached to an aromatic ring is 1. The molecule has 0 unspecified atom stereocenters. The molecule has 0 bridgehead atoms. The predicted molar refractivity (Wildman–Crippen MR) is 80.6 cm³/mol. The Hall–Kier alpha value is -2.41. The van der Waals surface area contributed by atoms with E-state index in [0.29, 0.717) is 17.2 Å². The largest absolute Gasteiger partial charge is 0.384 e. The van der Waals surface area contributed by atoms with Crippen molar-refractivity contribution in [3.8, 4) is 0 Å². The number of hydrogen-bond donors (Lipinski definition) is 2. The molecule has 0 saturated carbocycles. The molecule has 2 heterocycles. The number of aromatic nitrogens is 2. The highest BCUT2D eigenvalue weighted by molar-refractivity contribution is 7.20. The van der Waals surface area contributed by atoms with Crippen LogP contribution in [0.3, 0.4) is 0 Å². The summed E-state index contributed by atoms with van der Waals surface area (Å²) in [5.41, 5.74) is 6.58. The summed E-state index contributed by atoms with van der Waals surface area (Å²) in [4.78, 5) is 12.7. The van der Waals surface area contributed by atoms with Gasteiger partial charge in [-0.25, -0.2) is 4.39 Å². The number of carbonyl (C=O) groups is 1. The second-order valence-corrected chi connectivity index (χ2v) is 5.74. The standard InChI is InChI=1S/C14H13FN4OS/c1-19-13(16)9(7-18-19)6-17-14(20)12-4-8-2-3-10(15)5-11(8)21-12/h2-5,7H,6,16H2,1H3,(H,17,20). The number of fused-ring (bicyclic) bond motifs is 1. The summed E-state index contributed by atoms with van der Waals surface area (Å²) >= 11 is 1.26. The number of halogens is 1. The average Bonchev–Trinajstić information content (AvgIpc) is 3.01. The monoisotopic (exact) mass is 304 g/mol. The first-order valence-corrected chi connectivity index (χ1v) is 7.10. The van der Waals surface area contributed by atoms with E-state index in [2.05, 4.69) is 10.4 Å². The van der Waals surface area contributed by atoms with Gasteiger partial charge in [0.15, 0.2) is 0 Å². The van der Waals surface area contributed by atoms with E-state index in [-0.39, 0.29) is 11.7 Å². The smallest absolute Gasteiger partial charge is 0.261 e. The van der Waals surface area contributed by atoms with Crippen LogP contribution < -0.4 is 11.1 Å². The molecule has 7 heteroatoms. The van der Waals surface area contributed by atoms with E-state index < -0.39 is 0 Å². The van der Waals surface area contributed by atoms with Gasteiger partial charge in [0.2, 0.25) is 0 Å². The summed E-state index contributed by atoms with van der Waals surface area (Å²) in [7, 11) is 1.74. The zero-order chi connectivity index (χ0) is 15.0.